The topological polar surface area (TPSA) is 251 Å². The Hall–Kier alpha value is -3.26. The van der Waals surface area contributed by atoms with Crippen LogP contribution in [0.2, 0.25) is 0 Å². The summed E-state index contributed by atoms with van der Waals surface area (Å²) < 4.78 is 0. The van der Waals surface area contributed by atoms with Gasteiger partial charge < -0.3 is 42.7 Å². The molecule has 0 aromatic carbocycles. The van der Waals surface area contributed by atoms with E-state index in [-0.39, 0.29) is 25.2 Å². The molecule has 0 radical (unpaired) electrons. The molecule has 188 valence electrons. The number of nitrogens with one attached hydrogen (secondary N) is 3. The number of aliphatic hydroxyl groups excluding tert-OH is 1. The second-order valence-corrected chi connectivity index (χ2v) is 7.88. The molecule has 14 heteroatoms. The highest BCUT2D eigenvalue weighted by Crippen LogP contribution is 2.06. The lowest BCUT2D eigenvalue weighted by Gasteiger charge is -2.25. The molecule has 0 aliphatic rings. The number of rotatable bonds is 16. The van der Waals surface area contributed by atoms with Gasteiger partial charge in [0, 0.05) is 12.8 Å². The fourth-order valence-corrected chi connectivity index (χ4v) is 2.72. The number of primary amides is 1. The number of carboxylic acid groups (broad SMARTS) is 2. The molecule has 0 aromatic rings. The van der Waals surface area contributed by atoms with Crippen LogP contribution in [-0.2, 0) is 28.8 Å². The second kappa shape index (κ2) is 14.7. The van der Waals surface area contributed by atoms with Gasteiger partial charge in [-0.3, -0.25) is 24.0 Å². The number of carbonyl (C=O) groups excluding carboxylic acids is 4. The SMILES string of the molecule is CC(C)CC(N)C(=O)NC(CCC(=O)O)C(=O)NC(CCC(N)=O)C(=O)NC(CO)C(=O)O. The van der Waals surface area contributed by atoms with Crippen molar-refractivity contribution in [1.82, 2.24) is 16.0 Å². The zero-order valence-electron chi connectivity index (χ0n) is 18.6. The third kappa shape index (κ3) is 12.4. The average Bonchev–Trinajstić information content (AvgIpc) is 2.70. The Kier molecular flexibility index (Phi) is 13.3. The Bertz CT molecular complexity index is 728. The number of carbonyl (C=O) groups is 6. The summed E-state index contributed by atoms with van der Waals surface area (Å²) in [6.45, 7) is 2.74. The highest BCUT2D eigenvalue weighted by atomic mass is 16.4. The van der Waals surface area contributed by atoms with E-state index in [4.69, 9.17) is 26.8 Å². The van der Waals surface area contributed by atoms with E-state index in [0.29, 0.717) is 6.42 Å². The van der Waals surface area contributed by atoms with E-state index in [1.54, 1.807) is 0 Å². The van der Waals surface area contributed by atoms with Gasteiger partial charge in [0.1, 0.15) is 18.1 Å². The number of nitrogens with two attached hydrogens (primary N) is 2. The molecule has 0 fully saturated rings. The van der Waals surface area contributed by atoms with Crippen molar-refractivity contribution in [2.45, 2.75) is 70.1 Å². The smallest absolute Gasteiger partial charge is 0.328 e. The Morgan fingerprint density at radius 2 is 1.24 bits per heavy atom. The predicted octanol–water partition coefficient (Wildman–Crippen LogP) is -2.98. The normalized spacial score (nSPS) is 14.5. The van der Waals surface area contributed by atoms with Crippen molar-refractivity contribution >= 4 is 35.6 Å². The molecule has 4 atom stereocenters. The molecule has 4 unspecified atom stereocenters. The lowest BCUT2D eigenvalue weighted by molar-refractivity contribution is -0.143. The van der Waals surface area contributed by atoms with Crippen LogP contribution in [-0.4, -0.2) is 81.7 Å². The molecule has 0 rings (SSSR count). The molecule has 0 saturated carbocycles. The molecule has 0 heterocycles. The van der Waals surface area contributed by atoms with Gasteiger partial charge in [0.2, 0.25) is 23.6 Å². The Balaban J connectivity index is 5.53. The quantitative estimate of drug-likeness (QED) is 0.112. The third-order valence-electron chi connectivity index (χ3n) is 4.45. The summed E-state index contributed by atoms with van der Waals surface area (Å²) >= 11 is 0. The third-order valence-corrected chi connectivity index (χ3v) is 4.45. The maximum Gasteiger partial charge on any atom is 0.328 e. The molecular weight excluding hydrogens is 442 g/mol. The number of aliphatic hydroxyl groups is 1. The van der Waals surface area contributed by atoms with E-state index < -0.39 is 72.8 Å². The zero-order chi connectivity index (χ0) is 25.7. The Morgan fingerprint density at radius 1 is 0.788 bits per heavy atom. The Labute approximate surface area is 190 Å². The number of hydrogen-bond acceptors (Lipinski definition) is 8. The van der Waals surface area contributed by atoms with Gasteiger partial charge in [-0.25, -0.2) is 4.79 Å². The number of aliphatic carboxylic acids is 2. The molecule has 14 nitrogen and oxygen atoms in total. The summed E-state index contributed by atoms with van der Waals surface area (Å²) in [5.74, 6) is -6.14. The molecule has 0 aliphatic heterocycles. The van der Waals surface area contributed by atoms with Crippen LogP contribution >= 0.6 is 0 Å². The van der Waals surface area contributed by atoms with E-state index in [1.807, 2.05) is 19.2 Å². The molecule has 0 bridgehead atoms. The van der Waals surface area contributed by atoms with Crippen LogP contribution in [0.3, 0.4) is 0 Å². The van der Waals surface area contributed by atoms with Crippen LogP contribution < -0.4 is 27.4 Å². The first kappa shape index (κ1) is 29.7. The average molecular weight is 475 g/mol. The summed E-state index contributed by atoms with van der Waals surface area (Å²) in [6, 6.07) is -5.45. The summed E-state index contributed by atoms with van der Waals surface area (Å²) in [5, 5.41) is 33.6. The molecule has 0 aliphatic carbocycles. The van der Waals surface area contributed by atoms with Crippen LogP contribution in [0.5, 0.6) is 0 Å². The van der Waals surface area contributed by atoms with E-state index in [1.165, 1.54) is 0 Å². The van der Waals surface area contributed by atoms with Crippen molar-refractivity contribution in [3.05, 3.63) is 0 Å². The molecular formula is C19H33N5O9. The summed E-state index contributed by atoms with van der Waals surface area (Å²) in [4.78, 5) is 70.7. The van der Waals surface area contributed by atoms with Crippen molar-refractivity contribution in [1.29, 1.82) is 0 Å². The lowest BCUT2D eigenvalue weighted by Crippen LogP contribution is -2.57. The summed E-state index contributed by atoms with van der Waals surface area (Å²) in [6.07, 6.45) is -1.15. The maximum atomic E-state index is 12.8. The summed E-state index contributed by atoms with van der Waals surface area (Å²) in [5.41, 5.74) is 10.9. The second-order valence-electron chi connectivity index (χ2n) is 7.88. The first-order valence-electron chi connectivity index (χ1n) is 10.3. The first-order valence-corrected chi connectivity index (χ1v) is 10.3. The zero-order valence-corrected chi connectivity index (χ0v) is 18.6. The van der Waals surface area contributed by atoms with Gasteiger partial charge in [0.25, 0.3) is 0 Å². The van der Waals surface area contributed by atoms with Gasteiger partial charge in [-0.15, -0.1) is 0 Å². The van der Waals surface area contributed by atoms with Gasteiger partial charge in [-0.2, -0.15) is 0 Å². The van der Waals surface area contributed by atoms with Crippen LogP contribution in [0.1, 0.15) is 46.0 Å². The Morgan fingerprint density at radius 3 is 1.64 bits per heavy atom. The standard InChI is InChI=1S/C19H33N5O9/c1-9(2)7-10(20)16(29)22-12(4-6-15(27)28)17(30)23-11(3-5-14(21)26)18(31)24-13(8-25)19(32)33/h9-13,25H,3-8,20H2,1-2H3,(H2,21,26)(H,22,29)(H,23,30)(H,24,31)(H,27,28)(H,32,33). The van der Waals surface area contributed by atoms with Crippen LogP contribution in [0.25, 0.3) is 0 Å². The maximum absolute atomic E-state index is 12.8. The molecule has 33 heavy (non-hydrogen) atoms. The van der Waals surface area contributed by atoms with Gasteiger partial charge in [0.15, 0.2) is 0 Å². The fraction of sp³-hybridized carbons (Fsp3) is 0.684. The molecule has 0 aromatic heterocycles. The van der Waals surface area contributed by atoms with Gasteiger partial charge in [-0.1, -0.05) is 13.8 Å². The first-order chi connectivity index (χ1) is 15.3. The van der Waals surface area contributed by atoms with Gasteiger partial charge >= 0.3 is 11.9 Å². The van der Waals surface area contributed by atoms with E-state index in [2.05, 4.69) is 10.6 Å². The highest BCUT2D eigenvalue weighted by molar-refractivity contribution is 5.94. The molecule has 10 N–H and O–H groups in total. The van der Waals surface area contributed by atoms with Crippen molar-refractivity contribution < 1.29 is 44.1 Å². The van der Waals surface area contributed by atoms with Crippen molar-refractivity contribution in [2.75, 3.05) is 6.61 Å². The van der Waals surface area contributed by atoms with Crippen molar-refractivity contribution in [3.63, 3.8) is 0 Å². The minimum absolute atomic E-state index is 0.0765. The minimum atomic E-state index is -1.66. The predicted molar refractivity (Wildman–Crippen MR) is 113 cm³/mol. The van der Waals surface area contributed by atoms with E-state index in [0.717, 1.165) is 0 Å². The van der Waals surface area contributed by atoms with E-state index >= 15 is 0 Å². The molecule has 0 spiro atoms. The van der Waals surface area contributed by atoms with Crippen molar-refractivity contribution in [3.8, 4) is 0 Å². The van der Waals surface area contributed by atoms with Crippen molar-refractivity contribution in [2.24, 2.45) is 17.4 Å². The number of carboxylic acids is 2. The highest BCUT2D eigenvalue weighted by Gasteiger charge is 2.30. The van der Waals surface area contributed by atoms with Gasteiger partial charge in [-0.05, 0) is 25.2 Å². The van der Waals surface area contributed by atoms with Crippen LogP contribution in [0.15, 0.2) is 0 Å². The number of amides is 4. The van der Waals surface area contributed by atoms with Gasteiger partial charge in [0.05, 0.1) is 12.6 Å². The number of hydrogen-bond donors (Lipinski definition) is 8. The largest absolute Gasteiger partial charge is 0.481 e. The summed E-state index contributed by atoms with van der Waals surface area (Å²) in [7, 11) is 0. The monoisotopic (exact) mass is 475 g/mol. The fourth-order valence-electron chi connectivity index (χ4n) is 2.72. The van der Waals surface area contributed by atoms with E-state index in [9.17, 15) is 28.8 Å². The van der Waals surface area contributed by atoms with Crippen LogP contribution in [0, 0.1) is 5.92 Å². The minimum Gasteiger partial charge on any atom is -0.481 e. The molecule has 4 amide bonds. The van der Waals surface area contributed by atoms with Crippen LogP contribution in [0.4, 0.5) is 0 Å². The molecule has 0 saturated heterocycles. The lowest BCUT2D eigenvalue weighted by atomic mass is 10.0.